The Bertz CT molecular complexity index is 1340. The summed E-state index contributed by atoms with van der Waals surface area (Å²) < 4.78 is 34.1. The highest BCUT2D eigenvalue weighted by Crippen LogP contribution is 2.29. The van der Waals surface area contributed by atoms with Crippen molar-refractivity contribution in [3.63, 3.8) is 0 Å². The van der Waals surface area contributed by atoms with Crippen LogP contribution in [0.15, 0.2) is 30.6 Å². The molecule has 6 N–H and O–H groups in total. The average Bonchev–Trinajstić information content (AvgIpc) is 2.84. The summed E-state index contributed by atoms with van der Waals surface area (Å²) in [5, 5.41) is 0. The van der Waals surface area contributed by atoms with E-state index in [1.807, 2.05) is 0 Å². The Balaban J connectivity index is 1.70. The zero-order valence-corrected chi connectivity index (χ0v) is 19.5. The van der Waals surface area contributed by atoms with E-state index in [9.17, 15) is 18.4 Å². The summed E-state index contributed by atoms with van der Waals surface area (Å²) in [4.78, 5) is 39.2. The van der Waals surface area contributed by atoms with Crippen LogP contribution in [0.3, 0.4) is 0 Å². The second kappa shape index (κ2) is 10.2. The van der Waals surface area contributed by atoms with Gasteiger partial charge in [0.1, 0.15) is 17.1 Å². The van der Waals surface area contributed by atoms with E-state index < -0.39 is 40.5 Å². The summed E-state index contributed by atoms with van der Waals surface area (Å²) >= 11 is 0. The number of nitrogens with zero attached hydrogens (tertiary/aromatic N) is 4. The number of aromatic nitrogens is 3. The van der Waals surface area contributed by atoms with Crippen molar-refractivity contribution in [2.24, 2.45) is 5.73 Å². The molecule has 3 aromatic heterocycles. The molecule has 4 rings (SSSR count). The third kappa shape index (κ3) is 4.93. The first-order valence-corrected chi connectivity index (χ1v) is 11.2. The van der Waals surface area contributed by atoms with E-state index in [0.29, 0.717) is 12.1 Å². The molecule has 1 fully saturated rings. The molecule has 12 heteroatoms. The third-order valence-corrected chi connectivity index (χ3v) is 5.91. The van der Waals surface area contributed by atoms with Gasteiger partial charge in [-0.15, -0.1) is 0 Å². The van der Waals surface area contributed by atoms with Gasteiger partial charge in [-0.25, -0.2) is 23.5 Å². The minimum absolute atomic E-state index is 0.0182. The largest absolute Gasteiger partial charge is 0.464 e. The molecule has 0 unspecified atom stereocenters. The minimum atomic E-state index is -1.04. The zero-order valence-electron chi connectivity index (χ0n) is 19.5. The van der Waals surface area contributed by atoms with Crippen LogP contribution >= 0.6 is 0 Å². The molecule has 1 aliphatic heterocycles. The Morgan fingerprint density at radius 3 is 2.39 bits per heavy atom. The number of rotatable bonds is 6. The van der Waals surface area contributed by atoms with Gasteiger partial charge in [-0.05, 0) is 18.9 Å². The lowest BCUT2D eigenvalue weighted by atomic mass is 10.0. The number of ketones is 1. The number of carbonyl (C=O) groups excluding carboxylic acids is 2. The normalized spacial score (nSPS) is 15.6. The van der Waals surface area contributed by atoms with Crippen LogP contribution in [0.2, 0.25) is 0 Å². The summed E-state index contributed by atoms with van der Waals surface area (Å²) in [6.07, 6.45) is 4.89. The van der Waals surface area contributed by atoms with Gasteiger partial charge in [0.15, 0.2) is 23.1 Å². The molecule has 36 heavy (non-hydrogen) atoms. The van der Waals surface area contributed by atoms with E-state index >= 15 is 0 Å². The number of methoxy groups -OCH3 is 1. The van der Waals surface area contributed by atoms with Crippen LogP contribution in [0, 0.1) is 11.6 Å². The molecule has 0 radical (unpaired) electrons. The fourth-order valence-electron chi connectivity index (χ4n) is 4.17. The van der Waals surface area contributed by atoms with Gasteiger partial charge in [-0.2, -0.15) is 0 Å². The summed E-state index contributed by atoms with van der Waals surface area (Å²) in [5.41, 5.74) is 16.7. The van der Waals surface area contributed by atoms with Gasteiger partial charge in [-0.3, -0.25) is 9.78 Å². The van der Waals surface area contributed by atoms with Gasteiger partial charge in [0.2, 0.25) is 0 Å². The smallest absolute Gasteiger partial charge is 0.358 e. The zero-order chi connectivity index (χ0) is 26.0. The highest BCUT2D eigenvalue weighted by Gasteiger charge is 2.25. The van der Waals surface area contributed by atoms with E-state index in [-0.39, 0.29) is 29.5 Å². The number of pyridine rings is 3. The fraction of sp³-hybridized carbons (Fsp3) is 0.292. The lowest BCUT2D eigenvalue weighted by Gasteiger charge is -2.33. The number of esters is 1. The summed E-state index contributed by atoms with van der Waals surface area (Å²) in [6, 6.07) is 3.48. The first-order valence-electron chi connectivity index (χ1n) is 11.2. The second-order valence-electron chi connectivity index (χ2n) is 8.46. The molecule has 3 aromatic rings. The molecule has 10 nitrogen and oxygen atoms in total. The van der Waals surface area contributed by atoms with Crippen molar-refractivity contribution < 1.29 is 23.1 Å². The number of nitrogens with two attached hydrogens (primary N) is 3. The molecule has 1 aliphatic rings. The SMILES string of the molecule is COC(=O)c1nc(-c2nc(C(=O)Cc3cnccc3N3CCC[C@H](N)C3)c(N)cc2F)c(F)cc1N. The molecule has 0 saturated carbocycles. The number of hydrogen-bond donors (Lipinski definition) is 3. The molecule has 4 heterocycles. The minimum Gasteiger partial charge on any atom is -0.464 e. The Morgan fingerprint density at radius 2 is 1.75 bits per heavy atom. The van der Waals surface area contributed by atoms with E-state index in [2.05, 4.69) is 24.6 Å². The van der Waals surface area contributed by atoms with Crippen molar-refractivity contribution in [2.75, 3.05) is 36.6 Å². The van der Waals surface area contributed by atoms with Gasteiger partial charge in [0.25, 0.3) is 0 Å². The van der Waals surface area contributed by atoms with E-state index in [0.717, 1.165) is 44.3 Å². The number of anilines is 3. The van der Waals surface area contributed by atoms with Crippen molar-refractivity contribution in [3.05, 3.63) is 59.2 Å². The Morgan fingerprint density at radius 1 is 1.11 bits per heavy atom. The number of Topliss-reactive ketones (excluding diaryl/α,β-unsaturated/α-hetero) is 1. The Hall–Kier alpha value is -4.19. The van der Waals surface area contributed by atoms with Crippen LogP contribution < -0.4 is 22.1 Å². The molecule has 188 valence electrons. The monoisotopic (exact) mass is 497 g/mol. The highest BCUT2D eigenvalue weighted by molar-refractivity contribution is 6.01. The first kappa shape index (κ1) is 24.9. The number of nitrogen functional groups attached to an aromatic ring is 2. The molecular weight excluding hydrogens is 472 g/mol. The maximum atomic E-state index is 14.8. The Kier molecular flexibility index (Phi) is 7.06. The first-order chi connectivity index (χ1) is 17.2. The van der Waals surface area contributed by atoms with E-state index in [4.69, 9.17) is 17.2 Å². The lowest BCUT2D eigenvalue weighted by molar-refractivity contribution is 0.0595. The van der Waals surface area contributed by atoms with Crippen molar-refractivity contribution >= 4 is 28.8 Å². The summed E-state index contributed by atoms with van der Waals surface area (Å²) in [5.74, 6) is -3.54. The molecule has 1 atom stereocenters. The standard InChI is InChI=1S/C24H25F2N7O3/c1-36-24(35)23-17(29)9-15(26)21(32-23)20-14(25)8-16(28)22(31-20)19(34)7-12-10-30-5-4-18(12)33-6-2-3-13(27)11-33/h4-5,8-10,13H,2-3,6-7,11,27-29H2,1H3/t13-/m0/s1. The number of piperidine rings is 1. The third-order valence-electron chi connectivity index (χ3n) is 5.91. The van der Waals surface area contributed by atoms with Gasteiger partial charge in [-0.1, -0.05) is 0 Å². The highest BCUT2D eigenvalue weighted by atomic mass is 19.1. The maximum Gasteiger partial charge on any atom is 0.358 e. The van der Waals surface area contributed by atoms with Crippen molar-refractivity contribution in [1.29, 1.82) is 0 Å². The topological polar surface area (TPSA) is 163 Å². The van der Waals surface area contributed by atoms with Crippen LogP contribution in [0.5, 0.6) is 0 Å². The predicted octanol–water partition coefficient (Wildman–Crippen LogP) is 2.12. The van der Waals surface area contributed by atoms with Gasteiger partial charge in [0, 0.05) is 61.3 Å². The lowest BCUT2D eigenvalue weighted by Crippen LogP contribution is -2.43. The van der Waals surface area contributed by atoms with Crippen LogP contribution in [0.1, 0.15) is 39.4 Å². The van der Waals surface area contributed by atoms with E-state index in [1.165, 1.54) is 0 Å². The molecular formula is C24H25F2N7O3. The van der Waals surface area contributed by atoms with Crippen LogP contribution in [0.25, 0.3) is 11.4 Å². The predicted molar refractivity (Wildman–Crippen MR) is 129 cm³/mol. The van der Waals surface area contributed by atoms with Gasteiger partial charge >= 0.3 is 5.97 Å². The van der Waals surface area contributed by atoms with E-state index in [1.54, 1.807) is 18.5 Å². The maximum absolute atomic E-state index is 14.8. The average molecular weight is 498 g/mol. The van der Waals surface area contributed by atoms with Crippen LogP contribution in [0.4, 0.5) is 25.8 Å². The second-order valence-corrected chi connectivity index (χ2v) is 8.46. The fourth-order valence-corrected chi connectivity index (χ4v) is 4.17. The summed E-state index contributed by atoms with van der Waals surface area (Å²) in [7, 11) is 1.09. The molecule has 0 aromatic carbocycles. The Labute approximate surface area is 205 Å². The van der Waals surface area contributed by atoms with Crippen LogP contribution in [-0.2, 0) is 11.2 Å². The number of hydrogen-bond acceptors (Lipinski definition) is 10. The molecule has 0 amide bonds. The molecule has 1 saturated heterocycles. The van der Waals surface area contributed by atoms with Gasteiger partial charge in [0.05, 0.1) is 18.5 Å². The number of ether oxygens (including phenoxy) is 1. The van der Waals surface area contributed by atoms with Crippen molar-refractivity contribution in [2.45, 2.75) is 25.3 Å². The molecule has 0 bridgehead atoms. The molecule has 0 aliphatic carbocycles. The number of carbonyl (C=O) groups is 2. The van der Waals surface area contributed by atoms with Crippen molar-refractivity contribution in [3.8, 4) is 11.4 Å². The van der Waals surface area contributed by atoms with Crippen LogP contribution in [-0.4, -0.2) is 52.9 Å². The number of halogens is 2. The molecule has 0 spiro atoms. The summed E-state index contributed by atoms with van der Waals surface area (Å²) in [6.45, 7) is 1.42. The van der Waals surface area contributed by atoms with Crippen molar-refractivity contribution in [1.82, 2.24) is 15.0 Å². The quantitative estimate of drug-likeness (QED) is 0.339. The van der Waals surface area contributed by atoms with Gasteiger partial charge < -0.3 is 26.8 Å².